The molecule has 1 aromatic carbocycles. The number of fused-ring (bicyclic) bond motifs is 1. The molecule has 0 atom stereocenters. The Kier molecular flexibility index (Phi) is 3.35. The van der Waals surface area contributed by atoms with Gasteiger partial charge in [0.2, 0.25) is 0 Å². The molecule has 106 valence electrons. The zero-order valence-electron chi connectivity index (χ0n) is 11.5. The third-order valence-corrected chi connectivity index (χ3v) is 3.40. The number of carbonyl (C=O) groups excluding carboxylic acids is 1. The standard InChI is InChI=1S/C15H14N4O2/c1-9-6-7-10(8-9)16-19-15(21)13-11-4-2-3-5-12(11)14(20)18-17-13/h2-5,8H,6-7H2,1H3,(H,18,20)(H,19,21)/b16-10+. The molecule has 0 spiro atoms. The molecule has 0 bridgehead atoms. The molecule has 21 heavy (non-hydrogen) atoms. The smallest absolute Gasteiger partial charge is 0.267 e. The van der Waals surface area contributed by atoms with Crippen LogP contribution in [0.25, 0.3) is 10.8 Å². The number of hydrogen-bond acceptors (Lipinski definition) is 4. The number of aromatic nitrogens is 2. The van der Waals surface area contributed by atoms with E-state index in [-0.39, 0.29) is 11.3 Å². The van der Waals surface area contributed by atoms with Crippen molar-refractivity contribution in [3.8, 4) is 0 Å². The van der Waals surface area contributed by atoms with Crippen LogP contribution in [0.1, 0.15) is 30.3 Å². The number of benzene rings is 1. The molecule has 2 aromatic rings. The van der Waals surface area contributed by atoms with Crippen molar-refractivity contribution in [1.29, 1.82) is 0 Å². The van der Waals surface area contributed by atoms with Crippen molar-refractivity contribution in [2.75, 3.05) is 0 Å². The summed E-state index contributed by atoms with van der Waals surface area (Å²) in [6.45, 7) is 2.03. The number of hydrogen-bond donors (Lipinski definition) is 2. The van der Waals surface area contributed by atoms with E-state index in [9.17, 15) is 9.59 Å². The average molecular weight is 282 g/mol. The van der Waals surface area contributed by atoms with Crippen LogP contribution in [-0.4, -0.2) is 21.8 Å². The average Bonchev–Trinajstić information content (AvgIpc) is 2.91. The highest BCUT2D eigenvalue weighted by Gasteiger charge is 2.14. The van der Waals surface area contributed by atoms with E-state index >= 15 is 0 Å². The van der Waals surface area contributed by atoms with Gasteiger partial charge in [-0.3, -0.25) is 9.59 Å². The number of allylic oxidation sites excluding steroid dienone is 2. The number of carbonyl (C=O) groups is 1. The number of aromatic amines is 1. The molecule has 1 aliphatic rings. The Bertz CT molecular complexity index is 833. The van der Waals surface area contributed by atoms with Gasteiger partial charge in [-0.2, -0.15) is 10.2 Å². The molecule has 0 fully saturated rings. The van der Waals surface area contributed by atoms with Gasteiger partial charge in [0.1, 0.15) is 0 Å². The van der Waals surface area contributed by atoms with Crippen LogP contribution < -0.4 is 11.0 Å². The lowest BCUT2D eigenvalue weighted by Crippen LogP contribution is -2.23. The molecule has 0 saturated carbocycles. The van der Waals surface area contributed by atoms with E-state index in [0.29, 0.717) is 10.8 Å². The summed E-state index contributed by atoms with van der Waals surface area (Å²) in [7, 11) is 0. The fourth-order valence-electron chi connectivity index (χ4n) is 2.31. The van der Waals surface area contributed by atoms with Crippen LogP contribution in [0.15, 0.2) is 45.8 Å². The van der Waals surface area contributed by atoms with E-state index in [1.165, 1.54) is 5.57 Å². The number of amides is 1. The molecule has 6 heteroatoms. The third kappa shape index (κ3) is 2.60. The summed E-state index contributed by atoms with van der Waals surface area (Å²) in [5.41, 5.74) is 4.42. The van der Waals surface area contributed by atoms with Crippen molar-refractivity contribution in [3.05, 3.63) is 52.0 Å². The second-order valence-corrected chi connectivity index (χ2v) is 4.98. The lowest BCUT2D eigenvalue weighted by Gasteiger charge is -2.03. The summed E-state index contributed by atoms with van der Waals surface area (Å²) in [4.78, 5) is 23.9. The maximum Gasteiger partial charge on any atom is 0.292 e. The first kappa shape index (κ1) is 13.2. The van der Waals surface area contributed by atoms with Gasteiger partial charge in [0.25, 0.3) is 11.5 Å². The van der Waals surface area contributed by atoms with Gasteiger partial charge >= 0.3 is 0 Å². The van der Waals surface area contributed by atoms with E-state index in [1.54, 1.807) is 24.3 Å². The van der Waals surface area contributed by atoms with Gasteiger partial charge < -0.3 is 0 Å². The first-order valence-corrected chi connectivity index (χ1v) is 6.66. The number of rotatable bonds is 2. The number of nitrogens with one attached hydrogen (secondary N) is 2. The van der Waals surface area contributed by atoms with Crippen molar-refractivity contribution in [1.82, 2.24) is 15.6 Å². The third-order valence-electron chi connectivity index (χ3n) is 3.40. The molecule has 1 amide bonds. The highest BCUT2D eigenvalue weighted by atomic mass is 16.2. The summed E-state index contributed by atoms with van der Waals surface area (Å²) in [5, 5.41) is 11.2. The molecule has 2 N–H and O–H groups in total. The molecule has 0 unspecified atom stereocenters. The van der Waals surface area contributed by atoms with Crippen LogP contribution in [0.5, 0.6) is 0 Å². The van der Waals surface area contributed by atoms with Crippen molar-refractivity contribution >= 4 is 22.4 Å². The maximum atomic E-state index is 12.2. The summed E-state index contributed by atoms with van der Waals surface area (Å²) in [6.07, 6.45) is 3.75. The van der Waals surface area contributed by atoms with Crippen LogP contribution in [0.4, 0.5) is 0 Å². The van der Waals surface area contributed by atoms with Crippen LogP contribution in [-0.2, 0) is 0 Å². The molecule has 0 saturated heterocycles. The Morgan fingerprint density at radius 1 is 1.29 bits per heavy atom. The van der Waals surface area contributed by atoms with E-state index in [1.807, 2.05) is 13.0 Å². The highest BCUT2D eigenvalue weighted by Crippen LogP contribution is 2.15. The molecule has 3 rings (SSSR count). The predicted molar refractivity (Wildman–Crippen MR) is 80.3 cm³/mol. The number of nitrogens with zero attached hydrogens (tertiary/aromatic N) is 2. The number of H-pyrrole nitrogens is 1. The van der Waals surface area contributed by atoms with E-state index in [4.69, 9.17) is 0 Å². The van der Waals surface area contributed by atoms with Crippen LogP contribution in [0, 0.1) is 0 Å². The predicted octanol–water partition coefficient (Wildman–Crippen LogP) is 1.75. The van der Waals surface area contributed by atoms with E-state index in [0.717, 1.165) is 18.6 Å². The molecule has 1 heterocycles. The fourth-order valence-corrected chi connectivity index (χ4v) is 2.31. The molecule has 1 aliphatic carbocycles. The van der Waals surface area contributed by atoms with Gasteiger partial charge in [-0.05, 0) is 31.9 Å². The number of hydrazone groups is 1. The molecular formula is C15H14N4O2. The minimum Gasteiger partial charge on any atom is -0.267 e. The second kappa shape index (κ2) is 5.32. The van der Waals surface area contributed by atoms with E-state index < -0.39 is 5.91 Å². The summed E-state index contributed by atoms with van der Waals surface area (Å²) >= 11 is 0. The van der Waals surface area contributed by atoms with Gasteiger partial charge in [0.05, 0.1) is 11.1 Å². The van der Waals surface area contributed by atoms with Crippen molar-refractivity contribution in [2.45, 2.75) is 19.8 Å². The Morgan fingerprint density at radius 3 is 2.76 bits per heavy atom. The first-order chi connectivity index (χ1) is 10.1. The Morgan fingerprint density at radius 2 is 2.05 bits per heavy atom. The van der Waals surface area contributed by atoms with Gasteiger partial charge in [0, 0.05) is 5.39 Å². The summed E-state index contributed by atoms with van der Waals surface area (Å²) < 4.78 is 0. The Labute approximate surface area is 120 Å². The Balaban J connectivity index is 1.92. The van der Waals surface area contributed by atoms with Crippen LogP contribution >= 0.6 is 0 Å². The molecule has 1 aromatic heterocycles. The van der Waals surface area contributed by atoms with Gasteiger partial charge in [-0.25, -0.2) is 10.5 Å². The van der Waals surface area contributed by atoms with Crippen LogP contribution in [0.2, 0.25) is 0 Å². The quantitative estimate of drug-likeness (QED) is 0.823. The molecule has 0 aliphatic heterocycles. The van der Waals surface area contributed by atoms with Crippen molar-refractivity contribution < 1.29 is 4.79 Å². The SMILES string of the molecule is CC1=C/C(=N/NC(=O)c2n[nH]c(=O)c3ccccc23)CC1. The van der Waals surface area contributed by atoms with Crippen LogP contribution in [0.3, 0.4) is 0 Å². The minimum absolute atomic E-state index is 0.160. The lowest BCUT2D eigenvalue weighted by molar-refractivity contribution is 0.0950. The minimum atomic E-state index is -0.437. The summed E-state index contributed by atoms with van der Waals surface area (Å²) in [6, 6.07) is 6.85. The lowest BCUT2D eigenvalue weighted by atomic mass is 10.1. The van der Waals surface area contributed by atoms with Crippen molar-refractivity contribution in [2.24, 2.45) is 5.10 Å². The van der Waals surface area contributed by atoms with Gasteiger partial charge in [0.15, 0.2) is 5.69 Å². The van der Waals surface area contributed by atoms with Gasteiger partial charge in [-0.15, -0.1) is 0 Å². The zero-order valence-corrected chi connectivity index (χ0v) is 11.5. The Hall–Kier alpha value is -2.76. The molecular weight excluding hydrogens is 268 g/mol. The van der Waals surface area contributed by atoms with E-state index in [2.05, 4.69) is 20.7 Å². The zero-order chi connectivity index (χ0) is 14.8. The maximum absolute atomic E-state index is 12.2. The second-order valence-electron chi connectivity index (χ2n) is 4.98. The topological polar surface area (TPSA) is 87.2 Å². The fraction of sp³-hybridized carbons (Fsp3) is 0.200. The van der Waals surface area contributed by atoms with Gasteiger partial charge in [-0.1, -0.05) is 23.8 Å². The highest BCUT2D eigenvalue weighted by molar-refractivity contribution is 6.05. The largest absolute Gasteiger partial charge is 0.292 e. The normalized spacial score (nSPS) is 16.2. The monoisotopic (exact) mass is 282 g/mol. The summed E-state index contributed by atoms with van der Waals surface area (Å²) in [5.74, 6) is -0.437. The first-order valence-electron chi connectivity index (χ1n) is 6.66. The van der Waals surface area contributed by atoms with Crippen molar-refractivity contribution in [3.63, 3.8) is 0 Å². The molecule has 0 radical (unpaired) electrons. The molecule has 6 nitrogen and oxygen atoms in total.